The molecule has 2 aromatic carbocycles. The van der Waals surface area contributed by atoms with Crippen LogP contribution in [0, 0.1) is 19.3 Å². The molecule has 0 aliphatic heterocycles. The van der Waals surface area contributed by atoms with Gasteiger partial charge in [0.2, 0.25) is 5.91 Å². The van der Waals surface area contributed by atoms with Crippen molar-refractivity contribution in [2.75, 3.05) is 26.0 Å². The Morgan fingerprint density at radius 1 is 1.16 bits per heavy atom. The molecule has 4 aromatic rings. The number of aryl methyl sites for hydroxylation is 2. The number of fused-ring (bicyclic) bond motifs is 1. The van der Waals surface area contributed by atoms with Crippen LogP contribution in [0.25, 0.3) is 27.6 Å². The Labute approximate surface area is 220 Å². The first-order chi connectivity index (χ1) is 17.8. The Morgan fingerprint density at radius 2 is 1.97 bits per heavy atom. The summed E-state index contributed by atoms with van der Waals surface area (Å²) < 4.78 is 5.37. The van der Waals surface area contributed by atoms with E-state index in [9.17, 15) is 4.79 Å². The Kier molecular flexibility index (Phi) is 7.83. The Bertz CT molecular complexity index is 1470. The van der Waals surface area contributed by atoms with Crippen molar-refractivity contribution in [1.82, 2.24) is 25.3 Å². The molecule has 0 unspecified atom stereocenters. The van der Waals surface area contributed by atoms with Gasteiger partial charge in [-0.2, -0.15) is 0 Å². The van der Waals surface area contributed by atoms with E-state index < -0.39 is 0 Å². The predicted octanol–water partition coefficient (Wildman–Crippen LogP) is 4.84. The molecule has 37 heavy (non-hydrogen) atoms. The lowest BCUT2D eigenvalue weighted by atomic mass is 10.0. The number of anilines is 1. The minimum absolute atomic E-state index is 0.0873. The van der Waals surface area contributed by atoms with E-state index in [1.54, 1.807) is 20.3 Å². The Morgan fingerprint density at radius 3 is 2.65 bits per heavy atom. The third-order valence-corrected chi connectivity index (χ3v) is 6.03. The minimum atomic E-state index is -0.0873. The summed E-state index contributed by atoms with van der Waals surface area (Å²) in [7, 11) is 3.37. The number of hydrogen-bond donors (Lipinski definition) is 3. The van der Waals surface area contributed by atoms with Crippen molar-refractivity contribution in [1.29, 1.82) is 5.41 Å². The van der Waals surface area contributed by atoms with Crippen LogP contribution >= 0.6 is 11.6 Å². The molecule has 10 heteroatoms. The molecule has 0 fully saturated rings. The van der Waals surface area contributed by atoms with Gasteiger partial charge in [-0.05, 0) is 49.2 Å². The van der Waals surface area contributed by atoms with Crippen molar-refractivity contribution in [3.8, 4) is 11.1 Å². The highest BCUT2D eigenvalue weighted by atomic mass is 35.5. The van der Waals surface area contributed by atoms with Crippen molar-refractivity contribution < 1.29 is 9.32 Å². The first kappa shape index (κ1) is 25.8. The van der Waals surface area contributed by atoms with Crippen LogP contribution in [-0.4, -0.2) is 52.8 Å². The summed E-state index contributed by atoms with van der Waals surface area (Å²) in [4.78, 5) is 22.9. The van der Waals surface area contributed by atoms with Gasteiger partial charge in [0.25, 0.3) is 0 Å². The van der Waals surface area contributed by atoms with Crippen LogP contribution in [0.15, 0.2) is 53.2 Å². The zero-order valence-electron chi connectivity index (χ0n) is 21.1. The molecule has 0 saturated carbocycles. The Balaban J connectivity index is 1.76. The van der Waals surface area contributed by atoms with Gasteiger partial charge in [-0.3, -0.25) is 4.79 Å². The first-order valence-corrected chi connectivity index (χ1v) is 12.0. The first-order valence-electron chi connectivity index (χ1n) is 11.6. The van der Waals surface area contributed by atoms with Crippen LogP contribution in [-0.2, 0) is 11.3 Å². The molecule has 2 aromatic heterocycles. The molecule has 0 aliphatic carbocycles. The van der Waals surface area contributed by atoms with E-state index in [0.29, 0.717) is 34.3 Å². The van der Waals surface area contributed by atoms with Gasteiger partial charge in [0.1, 0.15) is 11.6 Å². The number of rotatable bonds is 9. The smallest absolute Gasteiger partial charge is 0.241 e. The van der Waals surface area contributed by atoms with Gasteiger partial charge >= 0.3 is 0 Å². The molecule has 0 spiro atoms. The molecule has 0 bridgehead atoms. The molecule has 1 amide bonds. The third kappa shape index (κ3) is 5.95. The van der Waals surface area contributed by atoms with E-state index in [1.807, 2.05) is 56.3 Å². The lowest BCUT2D eigenvalue weighted by Gasteiger charge is -2.13. The lowest BCUT2D eigenvalue weighted by Crippen LogP contribution is -2.30. The molecule has 0 atom stereocenters. The molecule has 9 nitrogen and oxygen atoms in total. The summed E-state index contributed by atoms with van der Waals surface area (Å²) in [5, 5.41) is 19.8. The number of amides is 1. The number of benzene rings is 2. The number of halogens is 1. The highest BCUT2D eigenvalue weighted by Crippen LogP contribution is 2.32. The number of aromatic nitrogens is 3. The maximum Gasteiger partial charge on any atom is 0.241 e. The van der Waals surface area contributed by atoms with E-state index in [1.165, 1.54) is 4.90 Å². The van der Waals surface area contributed by atoms with Crippen molar-refractivity contribution >= 4 is 46.0 Å². The molecule has 3 N–H and O–H groups in total. The van der Waals surface area contributed by atoms with Crippen LogP contribution in [0.5, 0.6) is 0 Å². The third-order valence-electron chi connectivity index (χ3n) is 5.79. The zero-order valence-corrected chi connectivity index (χ0v) is 21.8. The maximum atomic E-state index is 11.9. The molecule has 2 heterocycles. The SMILES string of the molecule is Cc1noc(C)c1-c1ccc2nc(/C(C=N)=C/NCC(=O)N(C)C)nc(NCc3cccc(Cl)c3)c2c1. The fraction of sp³-hybridized carbons (Fsp3) is 0.222. The van der Waals surface area contributed by atoms with Gasteiger partial charge < -0.3 is 25.5 Å². The van der Waals surface area contributed by atoms with Crippen LogP contribution in [0.2, 0.25) is 5.02 Å². The summed E-state index contributed by atoms with van der Waals surface area (Å²) in [6.45, 7) is 4.37. The molecule has 4 rings (SSSR count). The number of nitrogens with one attached hydrogen (secondary N) is 3. The number of allylic oxidation sites excluding steroid dienone is 1. The number of carbonyl (C=O) groups excluding carboxylic acids is 1. The monoisotopic (exact) mass is 517 g/mol. The fourth-order valence-electron chi connectivity index (χ4n) is 3.85. The molecule has 0 saturated heterocycles. The number of carbonyl (C=O) groups is 1. The van der Waals surface area contributed by atoms with Crippen molar-refractivity contribution in [3.05, 3.63) is 76.5 Å². The minimum Gasteiger partial charge on any atom is -0.381 e. The van der Waals surface area contributed by atoms with Gasteiger partial charge in [0.05, 0.1) is 23.3 Å². The number of hydrogen-bond acceptors (Lipinski definition) is 8. The van der Waals surface area contributed by atoms with Gasteiger partial charge in [0, 0.05) is 49.0 Å². The van der Waals surface area contributed by atoms with Gasteiger partial charge in [-0.15, -0.1) is 0 Å². The van der Waals surface area contributed by atoms with Crippen LogP contribution in [0.3, 0.4) is 0 Å². The fourth-order valence-corrected chi connectivity index (χ4v) is 4.07. The van der Waals surface area contributed by atoms with Crippen molar-refractivity contribution in [3.63, 3.8) is 0 Å². The molecule has 0 aliphatic rings. The largest absolute Gasteiger partial charge is 0.381 e. The van der Waals surface area contributed by atoms with Gasteiger partial charge in [0.15, 0.2) is 5.82 Å². The molecular formula is C27H28ClN7O2. The Hall–Kier alpha value is -4.24. The van der Waals surface area contributed by atoms with Gasteiger partial charge in [-0.25, -0.2) is 9.97 Å². The lowest BCUT2D eigenvalue weighted by molar-refractivity contribution is -0.127. The summed E-state index contributed by atoms with van der Waals surface area (Å²) in [5.74, 6) is 1.60. The summed E-state index contributed by atoms with van der Waals surface area (Å²) in [5.41, 5.74) is 4.81. The quantitative estimate of drug-likeness (QED) is 0.272. The van der Waals surface area contributed by atoms with E-state index in [2.05, 4.69) is 15.8 Å². The highest BCUT2D eigenvalue weighted by molar-refractivity contribution is 6.30. The summed E-state index contributed by atoms with van der Waals surface area (Å²) >= 11 is 6.17. The molecule has 190 valence electrons. The predicted molar refractivity (Wildman–Crippen MR) is 147 cm³/mol. The van der Waals surface area contributed by atoms with Crippen molar-refractivity contribution in [2.45, 2.75) is 20.4 Å². The van der Waals surface area contributed by atoms with Crippen LogP contribution in [0.1, 0.15) is 22.8 Å². The average molecular weight is 518 g/mol. The molecular weight excluding hydrogens is 490 g/mol. The maximum absolute atomic E-state index is 11.9. The van der Waals surface area contributed by atoms with E-state index in [4.69, 9.17) is 31.5 Å². The second-order valence-electron chi connectivity index (χ2n) is 8.72. The van der Waals surface area contributed by atoms with Gasteiger partial charge in [-0.1, -0.05) is 35.0 Å². The standard InChI is InChI=1S/C27H28ClN7O2/c1-16-25(17(2)37-34-16)19-8-9-23-22(11-19)27(31-13-18-6-5-7-21(28)10-18)33-26(32-23)20(12-29)14-30-15-24(36)35(3)4/h5-12,14,29-30H,13,15H2,1-4H3,(H,31,32,33)/b20-14+,29-12?. The van der Waals surface area contributed by atoms with Crippen molar-refractivity contribution in [2.24, 2.45) is 0 Å². The van der Waals surface area contributed by atoms with E-state index in [0.717, 1.165) is 39.7 Å². The van der Waals surface area contributed by atoms with Crippen LogP contribution < -0.4 is 10.6 Å². The van der Waals surface area contributed by atoms with E-state index >= 15 is 0 Å². The second kappa shape index (κ2) is 11.2. The normalized spacial score (nSPS) is 11.4. The zero-order chi connectivity index (χ0) is 26.5. The van der Waals surface area contributed by atoms with E-state index in [-0.39, 0.29) is 12.5 Å². The average Bonchev–Trinajstić information content (AvgIpc) is 3.22. The topological polar surface area (TPSA) is 120 Å². The molecule has 0 radical (unpaired) electrons. The number of nitrogens with zero attached hydrogens (tertiary/aromatic N) is 4. The van der Waals surface area contributed by atoms with Crippen LogP contribution in [0.4, 0.5) is 5.82 Å². The second-order valence-corrected chi connectivity index (χ2v) is 9.16. The summed E-state index contributed by atoms with van der Waals surface area (Å²) in [6.07, 6.45) is 2.74. The summed E-state index contributed by atoms with van der Waals surface area (Å²) in [6, 6.07) is 13.5. The number of likely N-dealkylation sites (N-methyl/N-ethyl adjacent to an activating group) is 1. The highest BCUT2D eigenvalue weighted by Gasteiger charge is 2.16.